The summed E-state index contributed by atoms with van der Waals surface area (Å²) in [5.41, 5.74) is 3.01. The van der Waals surface area contributed by atoms with E-state index in [1.54, 1.807) is 18.5 Å². The molecule has 0 amide bonds. The van der Waals surface area contributed by atoms with Gasteiger partial charge in [-0.3, -0.25) is 4.99 Å². The predicted octanol–water partition coefficient (Wildman–Crippen LogP) is 2.96. The Kier molecular flexibility index (Phi) is 6.36. The van der Waals surface area contributed by atoms with E-state index in [9.17, 15) is 0 Å². The van der Waals surface area contributed by atoms with Crippen LogP contribution < -0.4 is 0 Å². The van der Waals surface area contributed by atoms with Gasteiger partial charge in [0.25, 0.3) is 0 Å². The van der Waals surface area contributed by atoms with E-state index in [2.05, 4.69) is 24.6 Å². The molecule has 0 atom stereocenters. The fourth-order valence-corrected chi connectivity index (χ4v) is 0.470. The summed E-state index contributed by atoms with van der Waals surface area (Å²) in [5.74, 6) is 0.557. The number of rotatable bonds is 3. The molecule has 0 saturated carbocycles. The summed E-state index contributed by atoms with van der Waals surface area (Å²) < 4.78 is 0. The topological polar surface area (TPSA) is 12.4 Å². The fourth-order valence-electron chi connectivity index (χ4n) is 0.470. The zero-order valence-electron chi connectivity index (χ0n) is 7.41. The van der Waals surface area contributed by atoms with Crippen LogP contribution in [0.4, 0.5) is 0 Å². The molecule has 60 valence electrons. The molecular formula is C10H15N. The molecule has 0 fully saturated rings. The highest BCUT2D eigenvalue weighted by Crippen LogP contribution is 1.89. The zero-order valence-corrected chi connectivity index (χ0v) is 7.41. The van der Waals surface area contributed by atoms with Crippen LogP contribution in [0.5, 0.6) is 0 Å². The third kappa shape index (κ3) is 8.93. The van der Waals surface area contributed by atoms with Crippen LogP contribution >= 0.6 is 0 Å². The Hall–Kier alpha value is -1.07. The summed E-state index contributed by atoms with van der Waals surface area (Å²) in [6.07, 6.45) is 9.16. The average molecular weight is 149 g/mol. The smallest absolute Gasteiger partial charge is 0.0344 e. The van der Waals surface area contributed by atoms with Gasteiger partial charge in [0, 0.05) is 12.4 Å². The normalized spacial score (nSPS) is 10.9. The molecule has 0 bridgehead atoms. The molecule has 0 heterocycles. The van der Waals surface area contributed by atoms with Gasteiger partial charge in [-0.15, -0.1) is 5.73 Å². The first kappa shape index (κ1) is 9.93. The number of nitrogens with zero attached hydrogens (tertiary/aromatic N) is 1. The van der Waals surface area contributed by atoms with Crippen LogP contribution in [0.2, 0.25) is 0 Å². The van der Waals surface area contributed by atoms with E-state index in [-0.39, 0.29) is 0 Å². The van der Waals surface area contributed by atoms with Gasteiger partial charge in [-0.25, -0.2) is 0 Å². The fraction of sp³-hybridized carbons (Fsp3) is 0.400. The third-order valence-electron chi connectivity index (χ3n) is 0.922. The summed E-state index contributed by atoms with van der Waals surface area (Å²) in [7, 11) is 0. The van der Waals surface area contributed by atoms with Crippen LogP contribution in [0.3, 0.4) is 0 Å². The summed E-state index contributed by atoms with van der Waals surface area (Å²) in [6.45, 7) is 6.17. The van der Waals surface area contributed by atoms with E-state index in [4.69, 9.17) is 0 Å². The van der Waals surface area contributed by atoms with Crippen molar-refractivity contribution in [2.75, 3.05) is 0 Å². The molecule has 0 radical (unpaired) electrons. The second kappa shape index (κ2) is 7.04. The predicted molar refractivity (Wildman–Crippen MR) is 50.8 cm³/mol. The maximum atomic E-state index is 3.94. The van der Waals surface area contributed by atoms with Gasteiger partial charge < -0.3 is 0 Å². The Morgan fingerprint density at radius 3 is 2.64 bits per heavy atom. The van der Waals surface area contributed by atoms with E-state index in [1.807, 2.05) is 19.1 Å². The Morgan fingerprint density at radius 1 is 1.36 bits per heavy atom. The Bertz CT molecular complexity index is 191. The SMILES string of the molecule is C/C=C\N=CC=C=CC(C)C. The molecule has 0 rings (SSSR count). The van der Waals surface area contributed by atoms with Crippen molar-refractivity contribution in [3.8, 4) is 0 Å². The van der Waals surface area contributed by atoms with E-state index in [0.29, 0.717) is 5.92 Å². The van der Waals surface area contributed by atoms with Crippen molar-refractivity contribution >= 4 is 6.21 Å². The number of aliphatic imine (C=N–C) groups is 1. The van der Waals surface area contributed by atoms with Gasteiger partial charge in [-0.2, -0.15) is 0 Å². The highest BCUT2D eigenvalue weighted by molar-refractivity contribution is 5.71. The first-order valence-electron chi connectivity index (χ1n) is 3.83. The van der Waals surface area contributed by atoms with Crippen molar-refractivity contribution in [2.45, 2.75) is 20.8 Å². The maximum absolute atomic E-state index is 3.94. The zero-order chi connectivity index (χ0) is 8.53. The van der Waals surface area contributed by atoms with Crippen molar-refractivity contribution in [1.82, 2.24) is 0 Å². The Labute approximate surface area is 68.9 Å². The van der Waals surface area contributed by atoms with Crippen LogP contribution in [-0.4, -0.2) is 6.21 Å². The van der Waals surface area contributed by atoms with Crippen LogP contribution in [-0.2, 0) is 0 Å². The lowest BCUT2D eigenvalue weighted by molar-refractivity contribution is 0.833. The number of allylic oxidation sites excluding steroid dienone is 2. The Morgan fingerprint density at radius 2 is 2.09 bits per heavy atom. The van der Waals surface area contributed by atoms with Crippen LogP contribution in [0.25, 0.3) is 0 Å². The van der Waals surface area contributed by atoms with Gasteiger partial charge in [-0.05, 0) is 25.0 Å². The van der Waals surface area contributed by atoms with E-state index < -0.39 is 0 Å². The van der Waals surface area contributed by atoms with Gasteiger partial charge in [0.15, 0.2) is 0 Å². The highest BCUT2D eigenvalue weighted by atomic mass is 14.6. The third-order valence-corrected chi connectivity index (χ3v) is 0.922. The average Bonchev–Trinajstić information content (AvgIpc) is 1.96. The molecule has 0 aliphatic rings. The molecule has 0 aromatic heterocycles. The van der Waals surface area contributed by atoms with Crippen LogP contribution in [0.1, 0.15) is 20.8 Å². The van der Waals surface area contributed by atoms with E-state index in [1.165, 1.54) is 0 Å². The molecule has 0 aromatic rings. The van der Waals surface area contributed by atoms with Gasteiger partial charge in [0.1, 0.15) is 0 Å². The molecule has 0 aliphatic carbocycles. The molecule has 0 aliphatic heterocycles. The lowest BCUT2D eigenvalue weighted by Crippen LogP contribution is -1.73. The molecule has 11 heavy (non-hydrogen) atoms. The molecule has 1 heteroatoms. The van der Waals surface area contributed by atoms with Crippen molar-refractivity contribution in [2.24, 2.45) is 10.9 Å². The molecular weight excluding hydrogens is 134 g/mol. The second-order valence-corrected chi connectivity index (χ2v) is 2.52. The summed E-state index contributed by atoms with van der Waals surface area (Å²) in [6, 6.07) is 0. The second-order valence-electron chi connectivity index (χ2n) is 2.52. The monoisotopic (exact) mass is 149 g/mol. The minimum absolute atomic E-state index is 0.557. The lowest BCUT2D eigenvalue weighted by Gasteiger charge is -1.85. The molecule has 0 N–H and O–H groups in total. The minimum Gasteiger partial charge on any atom is -0.264 e. The van der Waals surface area contributed by atoms with Crippen molar-refractivity contribution in [1.29, 1.82) is 0 Å². The van der Waals surface area contributed by atoms with E-state index in [0.717, 1.165) is 0 Å². The highest BCUT2D eigenvalue weighted by Gasteiger charge is 1.77. The number of hydrogen-bond donors (Lipinski definition) is 0. The first-order valence-corrected chi connectivity index (χ1v) is 3.83. The van der Waals surface area contributed by atoms with Gasteiger partial charge in [0.05, 0.1) is 0 Å². The summed E-state index contributed by atoms with van der Waals surface area (Å²) in [5, 5.41) is 0. The molecule has 1 nitrogen and oxygen atoms in total. The van der Waals surface area contributed by atoms with Crippen molar-refractivity contribution in [3.63, 3.8) is 0 Å². The quantitative estimate of drug-likeness (QED) is 0.432. The van der Waals surface area contributed by atoms with Crippen molar-refractivity contribution in [3.05, 3.63) is 30.2 Å². The first-order chi connectivity index (χ1) is 5.27. The lowest BCUT2D eigenvalue weighted by atomic mass is 10.2. The summed E-state index contributed by atoms with van der Waals surface area (Å²) in [4.78, 5) is 3.94. The molecule has 0 spiro atoms. The van der Waals surface area contributed by atoms with E-state index >= 15 is 0 Å². The maximum Gasteiger partial charge on any atom is 0.0344 e. The minimum atomic E-state index is 0.557. The standard InChI is InChI=1S/C10H15N/c1-4-8-11-9-6-5-7-10(2)3/h4,6-10H,1-3H3/b8-4-,11-9?. The largest absolute Gasteiger partial charge is 0.264 e. The van der Waals surface area contributed by atoms with Crippen molar-refractivity contribution < 1.29 is 0 Å². The number of hydrogen-bond acceptors (Lipinski definition) is 1. The van der Waals surface area contributed by atoms with Gasteiger partial charge >= 0.3 is 0 Å². The molecule has 0 unspecified atom stereocenters. The Balaban J connectivity index is 3.76. The summed E-state index contributed by atoms with van der Waals surface area (Å²) >= 11 is 0. The molecule has 0 aromatic carbocycles. The van der Waals surface area contributed by atoms with Crippen LogP contribution in [0, 0.1) is 5.92 Å². The molecule has 0 saturated heterocycles. The van der Waals surface area contributed by atoms with Crippen LogP contribution in [0.15, 0.2) is 35.2 Å². The van der Waals surface area contributed by atoms with Gasteiger partial charge in [0.2, 0.25) is 0 Å². The van der Waals surface area contributed by atoms with Gasteiger partial charge in [-0.1, -0.05) is 19.9 Å².